The summed E-state index contributed by atoms with van der Waals surface area (Å²) in [5.74, 6) is -0.451. The summed E-state index contributed by atoms with van der Waals surface area (Å²) >= 11 is 5.93. The highest BCUT2D eigenvalue weighted by atomic mass is 35.5. The van der Waals surface area contributed by atoms with Gasteiger partial charge in [0.15, 0.2) is 0 Å². The first kappa shape index (κ1) is 15.9. The van der Waals surface area contributed by atoms with E-state index in [1.165, 1.54) is 30.6 Å². The Labute approximate surface area is 142 Å². The van der Waals surface area contributed by atoms with E-state index in [-0.39, 0.29) is 5.69 Å². The van der Waals surface area contributed by atoms with E-state index in [9.17, 15) is 9.18 Å². The molecule has 1 heterocycles. The Kier molecular flexibility index (Phi) is 4.67. The average Bonchev–Trinajstić information content (AvgIpc) is 2.55. The Hall–Kier alpha value is -2.99. The van der Waals surface area contributed by atoms with E-state index in [4.69, 9.17) is 11.6 Å². The topological polar surface area (TPSA) is 66.9 Å². The summed E-state index contributed by atoms with van der Waals surface area (Å²) in [6, 6.07) is 14.2. The number of carbonyl (C=O) groups excluding carboxylic acids is 1. The number of rotatable bonds is 4. The molecule has 7 heteroatoms. The van der Waals surface area contributed by atoms with Gasteiger partial charge in [0, 0.05) is 22.5 Å². The van der Waals surface area contributed by atoms with Gasteiger partial charge in [0.2, 0.25) is 0 Å². The molecule has 0 spiro atoms. The lowest BCUT2D eigenvalue weighted by Crippen LogP contribution is -2.14. The van der Waals surface area contributed by atoms with Crippen LogP contribution in [0, 0.1) is 5.82 Å². The maximum atomic E-state index is 13.2. The zero-order chi connectivity index (χ0) is 16.9. The van der Waals surface area contributed by atoms with E-state index in [0.717, 1.165) is 5.69 Å². The van der Waals surface area contributed by atoms with Crippen LogP contribution in [-0.2, 0) is 0 Å². The first-order chi connectivity index (χ1) is 11.6. The molecule has 0 fully saturated rings. The maximum Gasteiger partial charge on any atom is 0.274 e. The van der Waals surface area contributed by atoms with Gasteiger partial charge < -0.3 is 10.6 Å². The minimum Gasteiger partial charge on any atom is -0.340 e. The fourth-order valence-electron chi connectivity index (χ4n) is 2.03. The Balaban J connectivity index is 1.76. The molecular weight excluding hydrogens is 331 g/mol. The molecule has 120 valence electrons. The van der Waals surface area contributed by atoms with Crippen LogP contribution in [-0.4, -0.2) is 15.9 Å². The number of amides is 1. The van der Waals surface area contributed by atoms with E-state index in [2.05, 4.69) is 20.6 Å². The Bertz CT molecular complexity index is 888. The number of nitrogens with one attached hydrogen (secondary N) is 2. The molecule has 3 aromatic rings. The lowest BCUT2D eigenvalue weighted by atomic mass is 10.3. The van der Waals surface area contributed by atoms with Gasteiger partial charge in [-0.2, -0.15) is 0 Å². The first-order valence-electron chi connectivity index (χ1n) is 7.02. The molecule has 0 bridgehead atoms. The molecule has 0 atom stereocenters. The highest BCUT2D eigenvalue weighted by molar-refractivity contribution is 6.30. The minimum absolute atomic E-state index is 0.152. The second-order valence-electron chi connectivity index (χ2n) is 4.89. The summed E-state index contributed by atoms with van der Waals surface area (Å²) in [6.45, 7) is 0. The number of anilines is 3. The number of aromatic nitrogens is 2. The predicted octanol–water partition coefficient (Wildman–Crippen LogP) is 4.27. The molecule has 0 aliphatic heterocycles. The number of hydrogen-bond donors (Lipinski definition) is 2. The van der Waals surface area contributed by atoms with Crippen LogP contribution in [0.2, 0.25) is 5.02 Å². The first-order valence-corrected chi connectivity index (χ1v) is 7.39. The van der Waals surface area contributed by atoms with Gasteiger partial charge in [-0.1, -0.05) is 23.7 Å². The van der Waals surface area contributed by atoms with Crippen molar-refractivity contribution in [2.24, 2.45) is 0 Å². The zero-order valence-electron chi connectivity index (χ0n) is 12.3. The number of benzene rings is 2. The van der Waals surface area contributed by atoms with E-state index in [1.54, 1.807) is 24.3 Å². The van der Waals surface area contributed by atoms with E-state index in [1.807, 2.05) is 6.07 Å². The SMILES string of the molecule is O=C(Nc1cccc(F)c1)c1cc(Nc2cccc(Cl)c2)ncn1. The van der Waals surface area contributed by atoms with E-state index >= 15 is 0 Å². The lowest BCUT2D eigenvalue weighted by molar-refractivity contribution is 0.102. The van der Waals surface area contributed by atoms with Crippen LogP contribution in [0.4, 0.5) is 21.6 Å². The molecule has 3 rings (SSSR count). The summed E-state index contributed by atoms with van der Waals surface area (Å²) in [7, 11) is 0. The van der Waals surface area contributed by atoms with E-state index in [0.29, 0.717) is 16.5 Å². The monoisotopic (exact) mass is 342 g/mol. The Morgan fingerprint density at radius 3 is 2.58 bits per heavy atom. The van der Waals surface area contributed by atoms with Gasteiger partial charge in [-0.15, -0.1) is 0 Å². The summed E-state index contributed by atoms with van der Waals surface area (Å²) < 4.78 is 13.2. The second-order valence-corrected chi connectivity index (χ2v) is 5.32. The van der Waals surface area contributed by atoms with E-state index < -0.39 is 11.7 Å². The van der Waals surface area contributed by atoms with Crippen molar-refractivity contribution in [1.29, 1.82) is 0 Å². The fraction of sp³-hybridized carbons (Fsp3) is 0. The zero-order valence-corrected chi connectivity index (χ0v) is 13.1. The molecule has 0 unspecified atom stereocenters. The normalized spacial score (nSPS) is 10.2. The summed E-state index contributed by atoms with van der Waals surface area (Å²) in [4.78, 5) is 20.2. The predicted molar refractivity (Wildman–Crippen MR) is 91.1 cm³/mol. The third kappa shape index (κ3) is 4.05. The molecule has 24 heavy (non-hydrogen) atoms. The van der Waals surface area contributed by atoms with Crippen molar-refractivity contribution in [3.05, 3.63) is 77.5 Å². The number of halogens is 2. The molecule has 5 nitrogen and oxygen atoms in total. The highest BCUT2D eigenvalue weighted by Gasteiger charge is 2.10. The van der Waals surface area contributed by atoms with Crippen LogP contribution in [0.5, 0.6) is 0 Å². The van der Waals surface area contributed by atoms with Crippen LogP contribution in [0.3, 0.4) is 0 Å². The van der Waals surface area contributed by atoms with Crippen molar-refractivity contribution < 1.29 is 9.18 Å². The van der Waals surface area contributed by atoms with Gasteiger partial charge in [-0.25, -0.2) is 14.4 Å². The highest BCUT2D eigenvalue weighted by Crippen LogP contribution is 2.19. The van der Waals surface area contributed by atoms with Crippen molar-refractivity contribution >= 4 is 34.7 Å². The van der Waals surface area contributed by atoms with Crippen LogP contribution in [0.15, 0.2) is 60.9 Å². The minimum atomic E-state index is -0.461. The molecule has 0 saturated heterocycles. The quantitative estimate of drug-likeness (QED) is 0.743. The van der Waals surface area contributed by atoms with Gasteiger partial charge in [0.05, 0.1) is 0 Å². The van der Waals surface area contributed by atoms with Crippen molar-refractivity contribution in [3.8, 4) is 0 Å². The molecule has 2 aromatic carbocycles. The number of nitrogens with zero attached hydrogens (tertiary/aromatic N) is 2. The van der Waals surface area contributed by atoms with Crippen molar-refractivity contribution in [2.45, 2.75) is 0 Å². The average molecular weight is 343 g/mol. The standard InChI is InChI=1S/C17H12ClFN4O/c18-11-3-1-5-13(7-11)22-16-9-15(20-10-21-16)17(24)23-14-6-2-4-12(19)8-14/h1-10H,(H,23,24)(H,20,21,22). The number of carbonyl (C=O) groups is 1. The third-order valence-electron chi connectivity index (χ3n) is 3.08. The Morgan fingerprint density at radius 1 is 1.00 bits per heavy atom. The van der Waals surface area contributed by atoms with Crippen molar-refractivity contribution in [1.82, 2.24) is 9.97 Å². The molecule has 0 saturated carbocycles. The fourth-order valence-corrected chi connectivity index (χ4v) is 2.22. The molecule has 0 aliphatic carbocycles. The van der Waals surface area contributed by atoms with Gasteiger partial charge in [0.25, 0.3) is 5.91 Å². The molecular formula is C17H12ClFN4O. The van der Waals surface area contributed by atoms with Crippen LogP contribution in [0.25, 0.3) is 0 Å². The van der Waals surface area contributed by atoms with Crippen LogP contribution in [0.1, 0.15) is 10.5 Å². The van der Waals surface area contributed by atoms with Crippen molar-refractivity contribution in [3.63, 3.8) is 0 Å². The lowest BCUT2D eigenvalue weighted by Gasteiger charge is -2.08. The summed E-state index contributed by atoms with van der Waals surface area (Å²) in [5.41, 5.74) is 1.24. The van der Waals surface area contributed by atoms with Crippen LogP contribution < -0.4 is 10.6 Å². The van der Waals surface area contributed by atoms with Crippen molar-refractivity contribution in [2.75, 3.05) is 10.6 Å². The molecule has 0 aliphatic rings. The largest absolute Gasteiger partial charge is 0.340 e. The van der Waals surface area contributed by atoms with Crippen LogP contribution >= 0.6 is 11.6 Å². The third-order valence-corrected chi connectivity index (χ3v) is 3.31. The molecule has 1 aromatic heterocycles. The maximum absolute atomic E-state index is 13.2. The van der Waals surface area contributed by atoms with Gasteiger partial charge in [-0.3, -0.25) is 4.79 Å². The summed E-state index contributed by atoms with van der Waals surface area (Å²) in [5, 5.41) is 6.20. The molecule has 1 amide bonds. The smallest absolute Gasteiger partial charge is 0.274 e. The van der Waals surface area contributed by atoms with Gasteiger partial charge >= 0.3 is 0 Å². The van der Waals surface area contributed by atoms with Gasteiger partial charge in [-0.05, 0) is 36.4 Å². The molecule has 2 N–H and O–H groups in total. The summed E-state index contributed by atoms with van der Waals surface area (Å²) in [6.07, 6.45) is 1.27. The van der Waals surface area contributed by atoms with Gasteiger partial charge in [0.1, 0.15) is 23.7 Å². The number of hydrogen-bond acceptors (Lipinski definition) is 4. The molecule has 0 radical (unpaired) electrons. The Morgan fingerprint density at radius 2 is 1.79 bits per heavy atom. The second kappa shape index (κ2) is 7.06.